The molecule has 0 saturated heterocycles. The van der Waals surface area contributed by atoms with Crippen LogP contribution in [0.5, 0.6) is 0 Å². The number of rotatable bonds is 5. The lowest BCUT2D eigenvalue weighted by Gasteiger charge is -2.02. The predicted octanol–water partition coefficient (Wildman–Crippen LogP) is 1.17. The Morgan fingerprint density at radius 3 is 2.87 bits per heavy atom. The Labute approximate surface area is 90.7 Å². The van der Waals surface area contributed by atoms with Crippen LogP contribution in [0.4, 0.5) is 5.69 Å². The Morgan fingerprint density at radius 1 is 1.53 bits per heavy atom. The van der Waals surface area contributed by atoms with Crippen LogP contribution in [0.2, 0.25) is 0 Å². The van der Waals surface area contributed by atoms with Crippen molar-refractivity contribution in [3.05, 3.63) is 33.0 Å². The third-order valence-electron chi connectivity index (χ3n) is 1.83. The molecule has 0 amide bonds. The normalized spacial score (nSPS) is 10.2. The van der Waals surface area contributed by atoms with Crippen molar-refractivity contribution < 1.29 is 4.92 Å². The van der Waals surface area contributed by atoms with Gasteiger partial charge >= 0.3 is 11.4 Å². The highest BCUT2D eigenvalue weighted by atomic mass is 35.5. The van der Waals surface area contributed by atoms with Crippen molar-refractivity contribution >= 4 is 17.3 Å². The molecule has 0 unspecified atom stereocenters. The summed E-state index contributed by atoms with van der Waals surface area (Å²) in [7, 11) is 0. The van der Waals surface area contributed by atoms with Crippen LogP contribution < -0.4 is 5.69 Å². The van der Waals surface area contributed by atoms with Crippen molar-refractivity contribution in [3.8, 4) is 0 Å². The van der Waals surface area contributed by atoms with Gasteiger partial charge in [0.1, 0.15) is 6.20 Å². The van der Waals surface area contributed by atoms with Gasteiger partial charge in [0.15, 0.2) is 0 Å². The maximum Gasteiger partial charge on any atom is 0.347 e. The van der Waals surface area contributed by atoms with Crippen LogP contribution in [0.1, 0.15) is 12.8 Å². The summed E-state index contributed by atoms with van der Waals surface area (Å²) >= 11 is 5.48. The van der Waals surface area contributed by atoms with Crippen LogP contribution in [0, 0.1) is 10.1 Å². The molecular formula is C8H10ClN3O3. The van der Waals surface area contributed by atoms with Gasteiger partial charge in [-0.2, -0.15) is 4.98 Å². The Bertz CT molecular complexity index is 404. The van der Waals surface area contributed by atoms with E-state index >= 15 is 0 Å². The van der Waals surface area contributed by atoms with E-state index in [9.17, 15) is 14.9 Å². The zero-order valence-electron chi connectivity index (χ0n) is 7.93. The molecular weight excluding hydrogens is 222 g/mol. The van der Waals surface area contributed by atoms with Crippen LogP contribution in [0.15, 0.2) is 17.2 Å². The lowest BCUT2D eigenvalue weighted by Crippen LogP contribution is -2.22. The first-order chi connectivity index (χ1) is 7.15. The third-order valence-corrected chi connectivity index (χ3v) is 2.10. The summed E-state index contributed by atoms with van der Waals surface area (Å²) in [6.45, 7) is 0.403. The number of nitro groups is 1. The highest BCUT2D eigenvalue weighted by Crippen LogP contribution is 2.05. The van der Waals surface area contributed by atoms with Crippen molar-refractivity contribution in [2.75, 3.05) is 5.88 Å². The molecule has 6 nitrogen and oxygen atoms in total. The number of hydrogen-bond acceptors (Lipinski definition) is 4. The predicted molar refractivity (Wildman–Crippen MR) is 55.1 cm³/mol. The standard InChI is InChI=1S/C8H10ClN3O3/c9-3-1-2-4-11-6-7(12(14)15)5-10-8(11)13/h5-6H,1-4H2. The van der Waals surface area contributed by atoms with Gasteiger partial charge in [-0.05, 0) is 12.8 Å². The van der Waals surface area contributed by atoms with Crippen LogP contribution in [-0.2, 0) is 6.54 Å². The minimum Gasteiger partial charge on any atom is -0.292 e. The second-order valence-corrected chi connectivity index (χ2v) is 3.32. The van der Waals surface area contributed by atoms with Crippen molar-refractivity contribution in [1.82, 2.24) is 9.55 Å². The number of unbranched alkanes of at least 4 members (excludes halogenated alkanes) is 1. The molecule has 15 heavy (non-hydrogen) atoms. The van der Waals surface area contributed by atoms with Gasteiger partial charge in [0, 0.05) is 12.4 Å². The Morgan fingerprint density at radius 2 is 2.27 bits per heavy atom. The summed E-state index contributed by atoms with van der Waals surface area (Å²) in [5.74, 6) is 0.511. The fraction of sp³-hybridized carbons (Fsp3) is 0.500. The molecule has 1 aromatic rings. The quantitative estimate of drug-likeness (QED) is 0.330. The fourth-order valence-electron chi connectivity index (χ4n) is 1.07. The first-order valence-electron chi connectivity index (χ1n) is 4.42. The summed E-state index contributed by atoms with van der Waals surface area (Å²) in [6, 6.07) is 0. The zero-order chi connectivity index (χ0) is 11.3. The van der Waals surface area contributed by atoms with Crippen LogP contribution in [0.3, 0.4) is 0 Å². The number of halogens is 1. The highest BCUT2D eigenvalue weighted by Gasteiger charge is 2.08. The molecule has 1 heterocycles. The summed E-state index contributed by atoms with van der Waals surface area (Å²) < 4.78 is 1.23. The van der Waals surface area contributed by atoms with E-state index in [-0.39, 0.29) is 5.69 Å². The van der Waals surface area contributed by atoms with E-state index < -0.39 is 10.6 Å². The summed E-state index contributed by atoms with van der Waals surface area (Å²) in [6.07, 6.45) is 3.62. The van der Waals surface area contributed by atoms with Gasteiger partial charge < -0.3 is 0 Å². The largest absolute Gasteiger partial charge is 0.347 e. The molecule has 0 spiro atoms. The first kappa shape index (κ1) is 11.6. The average molecular weight is 232 g/mol. The molecule has 0 bridgehead atoms. The SMILES string of the molecule is O=c1ncc([N+](=O)[O-])cn1CCCCCl. The van der Waals surface area contributed by atoms with E-state index in [1.165, 1.54) is 10.8 Å². The van der Waals surface area contributed by atoms with Crippen molar-refractivity contribution in [1.29, 1.82) is 0 Å². The lowest BCUT2D eigenvalue weighted by atomic mass is 10.3. The third kappa shape index (κ3) is 3.32. The van der Waals surface area contributed by atoms with Crippen molar-refractivity contribution in [3.63, 3.8) is 0 Å². The van der Waals surface area contributed by atoms with Crippen LogP contribution in [0.25, 0.3) is 0 Å². The van der Waals surface area contributed by atoms with Gasteiger partial charge in [-0.1, -0.05) is 0 Å². The Balaban J connectivity index is 2.81. The molecule has 0 fully saturated rings. The molecule has 7 heteroatoms. The molecule has 1 rings (SSSR count). The monoisotopic (exact) mass is 231 g/mol. The molecule has 0 atom stereocenters. The number of hydrogen-bond donors (Lipinski definition) is 0. The molecule has 1 aromatic heterocycles. The molecule has 0 aliphatic heterocycles. The lowest BCUT2D eigenvalue weighted by molar-refractivity contribution is -0.385. The van der Waals surface area contributed by atoms with Gasteiger partial charge in [-0.3, -0.25) is 14.7 Å². The van der Waals surface area contributed by atoms with E-state index in [0.29, 0.717) is 18.8 Å². The molecule has 0 radical (unpaired) electrons. The zero-order valence-corrected chi connectivity index (χ0v) is 8.68. The van der Waals surface area contributed by atoms with E-state index in [4.69, 9.17) is 11.6 Å². The Hall–Kier alpha value is -1.43. The van der Waals surface area contributed by atoms with Gasteiger partial charge in [0.05, 0.1) is 11.1 Å². The van der Waals surface area contributed by atoms with E-state index in [1.807, 2.05) is 0 Å². The van der Waals surface area contributed by atoms with Crippen molar-refractivity contribution in [2.45, 2.75) is 19.4 Å². The van der Waals surface area contributed by atoms with E-state index in [0.717, 1.165) is 12.6 Å². The topological polar surface area (TPSA) is 78.0 Å². The number of alkyl halides is 1. The minimum absolute atomic E-state index is 0.180. The Kier molecular flexibility index (Phi) is 4.23. The molecule has 0 saturated carbocycles. The molecule has 0 aliphatic rings. The van der Waals surface area contributed by atoms with Crippen LogP contribution in [-0.4, -0.2) is 20.4 Å². The summed E-state index contributed by atoms with van der Waals surface area (Å²) in [5.41, 5.74) is -0.657. The number of aromatic nitrogens is 2. The van der Waals surface area contributed by atoms with Gasteiger partial charge in [0.2, 0.25) is 0 Å². The molecule has 82 valence electrons. The smallest absolute Gasteiger partial charge is 0.292 e. The van der Waals surface area contributed by atoms with Gasteiger partial charge in [0.25, 0.3) is 0 Å². The molecule has 0 aromatic carbocycles. The average Bonchev–Trinajstić information content (AvgIpc) is 2.20. The summed E-state index contributed by atoms with van der Waals surface area (Å²) in [5, 5.41) is 10.4. The second kappa shape index (κ2) is 5.45. The van der Waals surface area contributed by atoms with Gasteiger partial charge in [-0.15, -0.1) is 11.6 Å². The van der Waals surface area contributed by atoms with E-state index in [2.05, 4.69) is 4.98 Å². The molecule has 0 N–H and O–H groups in total. The minimum atomic E-state index is -0.579. The highest BCUT2D eigenvalue weighted by molar-refractivity contribution is 6.17. The fourth-order valence-corrected chi connectivity index (χ4v) is 1.26. The maximum absolute atomic E-state index is 11.2. The molecule has 0 aliphatic carbocycles. The number of aryl methyl sites for hydroxylation is 1. The summed E-state index contributed by atoms with van der Waals surface area (Å²) in [4.78, 5) is 24.4. The number of nitrogens with zero attached hydrogens (tertiary/aromatic N) is 3. The maximum atomic E-state index is 11.2. The van der Waals surface area contributed by atoms with Crippen molar-refractivity contribution in [2.24, 2.45) is 0 Å². The second-order valence-electron chi connectivity index (χ2n) is 2.94. The first-order valence-corrected chi connectivity index (χ1v) is 4.95. The van der Waals surface area contributed by atoms with Gasteiger partial charge in [-0.25, -0.2) is 4.79 Å². The van der Waals surface area contributed by atoms with Crippen LogP contribution >= 0.6 is 11.6 Å². The van der Waals surface area contributed by atoms with E-state index in [1.54, 1.807) is 0 Å².